The van der Waals surface area contributed by atoms with Crippen LogP contribution in [0.1, 0.15) is 142 Å². The molecule has 0 saturated carbocycles. The molecule has 1 aliphatic rings. The maximum atomic E-state index is 12.8. The number of nitrogens with zero attached hydrogens (tertiary/aromatic N) is 2. The smallest absolute Gasteiger partial charge is 0.462 e. The third-order valence-corrected chi connectivity index (χ3v) is 13.3. The van der Waals surface area contributed by atoms with E-state index in [0.717, 1.165) is 68.6 Å². The number of phosphoric acid groups is 2. The maximum Gasteiger partial charge on any atom is 0.481 e. The van der Waals surface area contributed by atoms with Crippen molar-refractivity contribution in [1.82, 2.24) is 9.55 Å². The van der Waals surface area contributed by atoms with Crippen LogP contribution in [0, 0.1) is 0 Å². The van der Waals surface area contributed by atoms with E-state index in [1.165, 1.54) is 25.3 Å². The number of aromatic nitrogens is 2. The van der Waals surface area contributed by atoms with Gasteiger partial charge in [-0.15, -0.1) is 0 Å². The number of nitrogens with two attached hydrogens (primary N) is 1. The highest BCUT2D eigenvalue weighted by atomic mass is 31.3. The third-order valence-electron chi connectivity index (χ3n) is 10.7. The van der Waals surface area contributed by atoms with Gasteiger partial charge in [0.15, 0.2) is 12.3 Å². The third kappa shape index (κ3) is 31.9. The molecule has 2 heterocycles. The number of phosphoric ester groups is 2. The number of hydrogen-bond donors (Lipinski definition) is 6. The molecule has 1 saturated heterocycles. The number of esters is 2. The summed E-state index contributed by atoms with van der Waals surface area (Å²) in [6.45, 7) is 1.79. The lowest BCUT2D eigenvalue weighted by Gasteiger charge is -2.21. The van der Waals surface area contributed by atoms with E-state index in [0.29, 0.717) is 32.1 Å². The van der Waals surface area contributed by atoms with E-state index in [-0.39, 0.29) is 18.7 Å². The van der Waals surface area contributed by atoms with Gasteiger partial charge in [0.05, 0.1) is 19.3 Å². The van der Waals surface area contributed by atoms with Gasteiger partial charge in [0.1, 0.15) is 30.7 Å². The summed E-state index contributed by atoms with van der Waals surface area (Å²) in [7, 11) is -10.9. The fourth-order valence-corrected chi connectivity index (χ4v) is 8.90. The summed E-state index contributed by atoms with van der Waals surface area (Å²) in [4.78, 5) is 61.9. The molecule has 1 aliphatic heterocycles. The van der Waals surface area contributed by atoms with E-state index >= 15 is 0 Å². The number of ether oxygens (including phenoxy) is 3. The van der Waals surface area contributed by atoms with Gasteiger partial charge in [0, 0.05) is 19.0 Å². The number of unbranched alkanes of at least 4 members (excludes halogenated alkanes) is 8. The number of carbonyl (C=O) groups is 2. The lowest BCUT2D eigenvalue weighted by molar-refractivity contribution is -0.161. The second-order valence-corrected chi connectivity index (χ2v) is 20.2. The van der Waals surface area contributed by atoms with Gasteiger partial charge in [0.2, 0.25) is 0 Å². The van der Waals surface area contributed by atoms with Crippen molar-refractivity contribution >= 4 is 33.4 Å². The van der Waals surface area contributed by atoms with Crippen LogP contribution >= 0.6 is 15.6 Å². The predicted octanol–water partition coefficient (Wildman–Crippen LogP) is 9.41. The van der Waals surface area contributed by atoms with Crippen LogP contribution in [0.2, 0.25) is 0 Å². The molecule has 7 N–H and O–H groups in total. The van der Waals surface area contributed by atoms with Crippen molar-refractivity contribution in [2.24, 2.45) is 0 Å². The number of allylic oxidation sites excluding steroid dienone is 14. The van der Waals surface area contributed by atoms with Crippen LogP contribution in [-0.4, -0.2) is 96.9 Å². The quantitative estimate of drug-likeness (QED) is 0.0117. The molecule has 0 aliphatic carbocycles. The largest absolute Gasteiger partial charge is 0.481 e. The number of carbonyl (C=O) groups excluding carboxylic acids is 2. The molecule has 1 aromatic rings. The van der Waals surface area contributed by atoms with Crippen LogP contribution in [0.4, 0.5) is 5.82 Å². The van der Waals surface area contributed by atoms with Crippen molar-refractivity contribution in [3.8, 4) is 0 Å². The first kappa shape index (κ1) is 64.8. The maximum absolute atomic E-state index is 12.8. The molecule has 1 aromatic heterocycles. The highest BCUT2D eigenvalue weighted by Crippen LogP contribution is 2.60. The van der Waals surface area contributed by atoms with E-state index in [1.807, 2.05) is 61.6 Å². The van der Waals surface area contributed by atoms with Gasteiger partial charge in [0.25, 0.3) is 0 Å². The molecule has 0 spiro atoms. The van der Waals surface area contributed by atoms with Crippen LogP contribution in [-0.2, 0) is 46.3 Å². The van der Waals surface area contributed by atoms with E-state index in [1.54, 1.807) is 6.08 Å². The summed E-state index contributed by atoms with van der Waals surface area (Å²) >= 11 is 0. The fraction of sp³-hybridized carbons (Fsp3) is 0.577. The molecule has 21 heteroatoms. The molecule has 0 aromatic carbocycles. The Labute approximate surface area is 431 Å². The number of hydrogen-bond acceptors (Lipinski definition) is 16. The van der Waals surface area contributed by atoms with Crippen LogP contribution in [0.15, 0.2) is 114 Å². The van der Waals surface area contributed by atoms with Crippen molar-refractivity contribution in [3.63, 3.8) is 0 Å². The predicted molar refractivity (Wildman–Crippen MR) is 281 cm³/mol. The number of aliphatic hydroxyl groups excluding tert-OH is 3. The van der Waals surface area contributed by atoms with Crippen LogP contribution in [0.5, 0.6) is 0 Å². The zero-order chi connectivity index (χ0) is 53.6. The van der Waals surface area contributed by atoms with E-state index in [2.05, 4.69) is 52.7 Å². The minimum absolute atomic E-state index is 0.0569. The summed E-state index contributed by atoms with van der Waals surface area (Å²) in [6.07, 6.45) is 39.7. The number of rotatable bonds is 40. The van der Waals surface area contributed by atoms with Crippen molar-refractivity contribution in [2.75, 3.05) is 25.6 Å². The summed E-state index contributed by atoms with van der Waals surface area (Å²) < 4.78 is 56.7. The molecular formula is C52H81N3O16P2. The summed E-state index contributed by atoms with van der Waals surface area (Å²) in [6, 6.07) is 1.24. The Morgan fingerprint density at radius 1 is 0.740 bits per heavy atom. The molecule has 3 unspecified atom stereocenters. The molecular weight excluding hydrogens is 985 g/mol. The number of anilines is 1. The zero-order valence-corrected chi connectivity index (χ0v) is 44.3. The highest BCUT2D eigenvalue weighted by Gasteiger charge is 2.46. The van der Waals surface area contributed by atoms with Crippen molar-refractivity contribution in [2.45, 2.75) is 173 Å². The Bertz CT molecular complexity index is 2120. The fourth-order valence-electron chi connectivity index (χ4n) is 6.79. The summed E-state index contributed by atoms with van der Waals surface area (Å²) in [5.74, 6) is -1.43. The molecule has 0 bridgehead atoms. The topological polar surface area (TPSA) is 286 Å². The Kier molecular flexibility index (Phi) is 34.7. The van der Waals surface area contributed by atoms with Gasteiger partial charge in [-0.05, 0) is 89.5 Å². The van der Waals surface area contributed by atoms with Gasteiger partial charge in [-0.2, -0.15) is 9.29 Å². The Morgan fingerprint density at radius 3 is 1.96 bits per heavy atom. The molecule has 73 heavy (non-hydrogen) atoms. The lowest BCUT2D eigenvalue weighted by Crippen LogP contribution is -2.36. The molecule has 410 valence electrons. The number of aliphatic hydroxyl groups is 3. The van der Waals surface area contributed by atoms with Gasteiger partial charge in [-0.25, -0.2) is 13.9 Å². The average Bonchev–Trinajstić information content (AvgIpc) is 3.62. The SMILES string of the molecule is CC/C=C\C(O)C/C=C/C=C\C/C=C\C/C=C\CCCC(=O)O[C@H](COC(=O)CCCCCC/C=C\C/C=C\C/C=C\CCCCC)COP(=O)(O)OP(=O)(O)OC[C@H]1O[C@@H](n2ccc(N)nc2=O)[C@H](O)[C@@H]1O. The monoisotopic (exact) mass is 1070 g/mol. The lowest BCUT2D eigenvalue weighted by atomic mass is 10.1. The first-order valence-corrected chi connectivity index (χ1v) is 28.3. The Balaban J connectivity index is 1.85. The molecule has 1 fully saturated rings. The molecule has 19 nitrogen and oxygen atoms in total. The van der Waals surface area contributed by atoms with E-state index in [9.17, 15) is 48.6 Å². The molecule has 8 atom stereocenters. The van der Waals surface area contributed by atoms with Gasteiger partial charge in [-0.1, -0.05) is 137 Å². The first-order chi connectivity index (χ1) is 35.1. The van der Waals surface area contributed by atoms with E-state index < -0.39 is 89.8 Å². The zero-order valence-electron chi connectivity index (χ0n) is 42.5. The molecule has 0 amide bonds. The average molecular weight is 1070 g/mol. The minimum atomic E-state index is -5.45. The van der Waals surface area contributed by atoms with Crippen LogP contribution in [0.25, 0.3) is 0 Å². The van der Waals surface area contributed by atoms with Crippen LogP contribution < -0.4 is 11.4 Å². The standard InChI is InChI=1S/C52H81N3O16P2/c1-3-5-7-8-9-10-11-12-13-14-15-16-20-23-26-29-32-36-47(57)66-40-44(69-48(58)37-33-30-27-24-21-18-17-19-22-25-28-31-35-43(56)34-6-4-2)41-67-72(62,63)71-73(64,65)68-42-45-49(59)50(60)51(70-45)55-39-38-46(53)54-52(55)61/h6,9-10,12-13,15-18,22,24-25,27-28,31,34,38-39,43-45,49-51,56,59-60H,3-5,7-8,11,14,19-21,23,26,29-30,32-33,35-37,40-42H2,1-2H3,(H,62,63)(H,64,65)(H2,53,54,61)/b10-9-,13-12-,16-15-,18-17-,25-22-,27-24-,31-28+,34-6-/t43?,44-,45-,49-,50-,51-/m1/s1. The second-order valence-electron chi connectivity index (χ2n) is 17.1. The molecule has 0 radical (unpaired) electrons. The minimum Gasteiger partial charge on any atom is -0.462 e. The van der Waals surface area contributed by atoms with Gasteiger partial charge >= 0.3 is 33.3 Å². The van der Waals surface area contributed by atoms with Crippen LogP contribution in [0.3, 0.4) is 0 Å². The van der Waals surface area contributed by atoms with Crippen molar-refractivity contribution < 1.29 is 71.4 Å². The number of nitrogen functional groups attached to an aromatic ring is 1. The second kappa shape index (κ2) is 39.1. The summed E-state index contributed by atoms with van der Waals surface area (Å²) in [5.41, 5.74) is 4.57. The summed E-state index contributed by atoms with van der Waals surface area (Å²) in [5, 5.41) is 30.7. The first-order valence-electron chi connectivity index (χ1n) is 25.4. The van der Waals surface area contributed by atoms with Gasteiger partial charge < -0.3 is 45.1 Å². The van der Waals surface area contributed by atoms with E-state index in [4.69, 9.17) is 29.0 Å². The van der Waals surface area contributed by atoms with Crippen molar-refractivity contribution in [3.05, 3.63) is 120 Å². The van der Waals surface area contributed by atoms with Crippen molar-refractivity contribution in [1.29, 1.82) is 0 Å². The Morgan fingerprint density at radius 2 is 1.32 bits per heavy atom. The molecule has 2 rings (SSSR count). The Hall–Kier alpha value is -4.36. The normalized spacial score (nSPS) is 20.2. The highest BCUT2D eigenvalue weighted by molar-refractivity contribution is 7.61. The van der Waals surface area contributed by atoms with Gasteiger partial charge in [-0.3, -0.25) is 23.2 Å².